The van der Waals surface area contributed by atoms with Crippen LogP contribution in [0.5, 0.6) is 0 Å². The number of nitrogens with zero attached hydrogens (tertiary/aromatic N) is 2. The molecular weight excluding hydrogens is 276 g/mol. The van der Waals surface area contributed by atoms with E-state index < -0.39 is 17.4 Å². The van der Waals surface area contributed by atoms with Crippen LogP contribution in [0.2, 0.25) is 0 Å². The summed E-state index contributed by atoms with van der Waals surface area (Å²) in [4.78, 5) is 24.4. The first-order valence-electron chi connectivity index (χ1n) is 6.91. The fourth-order valence-corrected chi connectivity index (χ4v) is 3.37. The summed E-state index contributed by atoms with van der Waals surface area (Å²) in [6.45, 7) is 1.63. The van der Waals surface area contributed by atoms with Crippen LogP contribution in [0, 0.1) is 17.2 Å². The number of carbonyl (C=O) groups excluding carboxylic acids is 1. The van der Waals surface area contributed by atoms with Crippen LogP contribution >= 0.6 is 11.8 Å². The SMILES string of the molecule is CC(CSCC(=O)N(C)C1(C#N)CCCCC1)C(=O)O. The molecule has 0 radical (unpaired) electrons. The van der Waals surface area contributed by atoms with E-state index in [1.165, 1.54) is 11.8 Å². The second-order valence-corrected chi connectivity index (χ2v) is 6.44. The van der Waals surface area contributed by atoms with Crippen molar-refractivity contribution in [2.75, 3.05) is 18.6 Å². The van der Waals surface area contributed by atoms with Crippen molar-refractivity contribution < 1.29 is 14.7 Å². The van der Waals surface area contributed by atoms with Gasteiger partial charge in [0.1, 0.15) is 5.54 Å². The van der Waals surface area contributed by atoms with Crippen molar-refractivity contribution >= 4 is 23.6 Å². The molecule has 1 N–H and O–H groups in total. The molecule has 1 amide bonds. The smallest absolute Gasteiger partial charge is 0.307 e. The Hall–Kier alpha value is -1.22. The molecule has 1 atom stereocenters. The summed E-state index contributed by atoms with van der Waals surface area (Å²) >= 11 is 1.32. The third-order valence-electron chi connectivity index (χ3n) is 3.92. The van der Waals surface area contributed by atoms with Crippen LogP contribution in [0.25, 0.3) is 0 Å². The molecule has 6 heteroatoms. The first-order chi connectivity index (χ1) is 9.43. The molecule has 0 aromatic rings. The van der Waals surface area contributed by atoms with Gasteiger partial charge in [-0.15, -0.1) is 0 Å². The molecule has 1 unspecified atom stereocenters. The number of amides is 1. The average Bonchev–Trinajstić information content (AvgIpc) is 2.46. The first-order valence-corrected chi connectivity index (χ1v) is 8.07. The number of hydrogen-bond donors (Lipinski definition) is 1. The quantitative estimate of drug-likeness (QED) is 0.812. The van der Waals surface area contributed by atoms with Crippen LogP contribution in [0.3, 0.4) is 0 Å². The van der Waals surface area contributed by atoms with Crippen molar-refractivity contribution in [2.24, 2.45) is 5.92 Å². The summed E-state index contributed by atoms with van der Waals surface area (Å²) in [7, 11) is 1.69. The molecule has 0 bridgehead atoms. The third-order valence-corrected chi connectivity index (χ3v) is 5.11. The lowest BCUT2D eigenvalue weighted by Gasteiger charge is -2.39. The van der Waals surface area contributed by atoms with Gasteiger partial charge in [-0.1, -0.05) is 26.2 Å². The second-order valence-electron chi connectivity index (χ2n) is 5.41. The van der Waals surface area contributed by atoms with Gasteiger partial charge in [0, 0.05) is 12.8 Å². The Bertz CT molecular complexity index is 400. The summed E-state index contributed by atoms with van der Waals surface area (Å²) < 4.78 is 0. The summed E-state index contributed by atoms with van der Waals surface area (Å²) in [5, 5.41) is 18.2. The first kappa shape index (κ1) is 16.8. The molecule has 0 aromatic carbocycles. The van der Waals surface area contributed by atoms with E-state index in [2.05, 4.69) is 6.07 Å². The Morgan fingerprint density at radius 1 is 1.40 bits per heavy atom. The maximum Gasteiger partial charge on any atom is 0.307 e. The van der Waals surface area contributed by atoms with E-state index in [-0.39, 0.29) is 11.7 Å². The second kappa shape index (κ2) is 7.53. The number of carboxylic acids is 1. The minimum atomic E-state index is -0.848. The highest BCUT2D eigenvalue weighted by Crippen LogP contribution is 2.32. The van der Waals surface area contributed by atoms with E-state index in [0.29, 0.717) is 5.75 Å². The number of thioether (sulfide) groups is 1. The molecule has 1 saturated carbocycles. The van der Waals surface area contributed by atoms with Gasteiger partial charge in [-0.25, -0.2) is 0 Å². The molecule has 112 valence electrons. The molecule has 0 aliphatic heterocycles. The van der Waals surface area contributed by atoms with Crippen LogP contribution in [0.15, 0.2) is 0 Å². The normalized spacial score (nSPS) is 18.9. The molecule has 1 rings (SSSR count). The summed E-state index contributed by atoms with van der Waals surface area (Å²) in [6.07, 6.45) is 4.56. The predicted octanol–water partition coefficient (Wildman–Crippen LogP) is 2.13. The largest absolute Gasteiger partial charge is 0.481 e. The summed E-state index contributed by atoms with van der Waals surface area (Å²) in [5.41, 5.74) is -0.658. The fraction of sp³-hybridized carbons (Fsp3) is 0.786. The van der Waals surface area contributed by atoms with E-state index in [0.717, 1.165) is 32.1 Å². The average molecular weight is 298 g/mol. The number of nitriles is 1. The van der Waals surface area contributed by atoms with Crippen LogP contribution in [0.1, 0.15) is 39.0 Å². The molecular formula is C14H22N2O3S. The molecule has 0 saturated heterocycles. The number of rotatable bonds is 6. The number of hydrogen-bond acceptors (Lipinski definition) is 4. The zero-order valence-electron chi connectivity index (χ0n) is 12.1. The Morgan fingerprint density at radius 2 is 2.00 bits per heavy atom. The van der Waals surface area contributed by atoms with Gasteiger partial charge in [0.2, 0.25) is 5.91 Å². The molecule has 0 heterocycles. The van der Waals surface area contributed by atoms with Crippen molar-refractivity contribution in [1.82, 2.24) is 4.90 Å². The van der Waals surface area contributed by atoms with Crippen molar-refractivity contribution in [1.29, 1.82) is 5.26 Å². The van der Waals surface area contributed by atoms with Crippen molar-refractivity contribution in [2.45, 2.75) is 44.6 Å². The molecule has 1 fully saturated rings. The van der Waals surface area contributed by atoms with E-state index in [1.54, 1.807) is 18.9 Å². The topological polar surface area (TPSA) is 81.4 Å². The molecule has 5 nitrogen and oxygen atoms in total. The van der Waals surface area contributed by atoms with Crippen LogP contribution < -0.4 is 0 Å². The zero-order valence-corrected chi connectivity index (χ0v) is 12.9. The monoisotopic (exact) mass is 298 g/mol. The Labute approximate surface area is 124 Å². The number of carbonyl (C=O) groups is 2. The van der Waals surface area contributed by atoms with Gasteiger partial charge in [-0.3, -0.25) is 9.59 Å². The van der Waals surface area contributed by atoms with E-state index in [4.69, 9.17) is 5.11 Å². The molecule has 1 aliphatic carbocycles. The van der Waals surface area contributed by atoms with Crippen molar-refractivity contribution in [3.05, 3.63) is 0 Å². The Kier molecular flexibility index (Phi) is 6.34. The van der Waals surface area contributed by atoms with Gasteiger partial charge in [-0.2, -0.15) is 17.0 Å². The lowest BCUT2D eigenvalue weighted by atomic mass is 9.81. The Morgan fingerprint density at radius 3 is 2.50 bits per heavy atom. The van der Waals surface area contributed by atoms with Gasteiger partial charge in [0.05, 0.1) is 17.7 Å². The standard InChI is InChI=1S/C14H22N2O3S/c1-11(13(18)19)8-20-9-12(17)16(2)14(10-15)6-4-3-5-7-14/h11H,3-9H2,1-2H3,(H,18,19). The fourth-order valence-electron chi connectivity index (χ4n) is 2.39. The molecule has 0 spiro atoms. The predicted molar refractivity (Wildman–Crippen MR) is 78.3 cm³/mol. The van der Waals surface area contributed by atoms with Gasteiger partial charge in [0.15, 0.2) is 0 Å². The highest BCUT2D eigenvalue weighted by molar-refractivity contribution is 7.99. The third kappa shape index (κ3) is 4.14. The zero-order chi connectivity index (χ0) is 15.2. The summed E-state index contributed by atoms with van der Waals surface area (Å²) in [5.74, 6) is -0.751. The van der Waals surface area contributed by atoms with Crippen molar-refractivity contribution in [3.8, 4) is 6.07 Å². The maximum absolute atomic E-state index is 12.2. The molecule has 0 aromatic heterocycles. The van der Waals surface area contributed by atoms with E-state index >= 15 is 0 Å². The maximum atomic E-state index is 12.2. The minimum absolute atomic E-state index is 0.0870. The van der Waals surface area contributed by atoms with E-state index in [1.807, 2.05) is 0 Å². The minimum Gasteiger partial charge on any atom is -0.481 e. The number of aliphatic carboxylic acids is 1. The van der Waals surface area contributed by atoms with Gasteiger partial charge < -0.3 is 10.0 Å². The van der Waals surface area contributed by atoms with Crippen LogP contribution in [-0.4, -0.2) is 46.0 Å². The highest BCUT2D eigenvalue weighted by atomic mass is 32.2. The summed E-state index contributed by atoms with van der Waals surface area (Å²) in [6, 6.07) is 2.32. The van der Waals surface area contributed by atoms with Crippen LogP contribution in [0.4, 0.5) is 0 Å². The molecule has 20 heavy (non-hydrogen) atoms. The van der Waals surface area contributed by atoms with Gasteiger partial charge >= 0.3 is 5.97 Å². The molecule has 1 aliphatic rings. The van der Waals surface area contributed by atoms with Crippen molar-refractivity contribution in [3.63, 3.8) is 0 Å². The lowest BCUT2D eigenvalue weighted by molar-refractivity contribution is -0.140. The van der Waals surface area contributed by atoms with Gasteiger partial charge in [0.25, 0.3) is 0 Å². The van der Waals surface area contributed by atoms with Crippen LogP contribution in [-0.2, 0) is 9.59 Å². The number of carboxylic acid groups (broad SMARTS) is 1. The lowest BCUT2D eigenvalue weighted by Crippen LogP contribution is -2.50. The Balaban J connectivity index is 2.49. The van der Waals surface area contributed by atoms with Gasteiger partial charge in [-0.05, 0) is 12.8 Å². The highest BCUT2D eigenvalue weighted by Gasteiger charge is 2.38. The van der Waals surface area contributed by atoms with E-state index in [9.17, 15) is 14.9 Å².